The van der Waals surface area contributed by atoms with Gasteiger partial charge in [-0.1, -0.05) is 140 Å². The first kappa shape index (κ1) is 86.0. The van der Waals surface area contributed by atoms with E-state index in [2.05, 4.69) is 73.9 Å². The molecule has 5 aliphatic heterocycles. The standard InChI is InChI=1S/C60H72N10O10S2.C27H32F2N8/c1-39(61-3)55(71)63-49-37-67(34-32-45-28-30-51(69(45)59(49)75)57(73)65-53(41-18-9-5-10-19-41)42-20-11-6-12-21-42)81(77,78)47-26-17-27-48(36-47)82(79,80)68-35-33-46-29-31-52(70(46)60(76)50(38-68)64-56(72)40(2)62-4)58(74)66-54(43-22-13-7-14-23-43)44-24-15-8-16-25-44;1-5-35-8-10-36(11-9-35)16-19-6-7-24(30-14-19)33-27-31-15-22(29)25(34-27)20-12-21(28)26-23(13-20)37(17(2)3)18(4)32-26/h5-27,36,39-40,45-46,49-54,61-62H,28-35,37-38H2,1-4H3,(H,63,71)(H,64,72)(H,65,73)(H,66,74);6-7,12-15,17H,5,8-11,16H2,1-4H3,(H,30,31,33,34). The maximum atomic E-state index is 15.0. The van der Waals surface area contributed by atoms with Gasteiger partial charge in [-0.05, 0) is 158 Å². The van der Waals surface area contributed by atoms with Crippen molar-refractivity contribution in [2.45, 2.75) is 163 Å². The highest BCUT2D eigenvalue weighted by molar-refractivity contribution is 7.90. The Morgan fingerprint density at radius 2 is 0.983 bits per heavy atom. The van der Waals surface area contributed by atoms with Crippen molar-refractivity contribution in [3.8, 4) is 11.3 Å². The van der Waals surface area contributed by atoms with E-state index in [1.807, 2.05) is 165 Å². The summed E-state index contributed by atoms with van der Waals surface area (Å²) in [4.78, 5) is 110. The Kier molecular flexibility index (Phi) is 27.5. The van der Waals surface area contributed by atoms with Crippen molar-refractivity contribution in [3.63, 3.8) is 0 Å². The predicted octanol–water partition coefficient (Wildman–Crippen LogP) is 8.13. The van der Waals surface area contributed by atoms with Crippen LogP contribution in [0.25, 0.3) is 22.3 Å². The summed E-state index contributed by atoms with van der Waals surface area (Å²) in [6.45, 7) is 16.0. The number of amides is 6. The number of hydrogen-bond acceptors (Lipinski definition) is 19. The van der Waals surface area contributed by atoms with Crippen LogP contribution in [0.15, 0.2) is 192 Å². The largest absolute Gasteiger partial charge is 0.343 e. The molecular formula is C87H104F2N18O10S2. The zero-order valence-corrected chi connectivity index (χ0v) is 69.7. The van der Waals surface area contributed by atoms with E-state index < -0.39 is 150 Å². The number of nitrogens with zero attached hydrogens (tertiary/aromatic N) is 11. The molecule has 14 rings (SSSR count). The Bertz CT molecular complexity index is 5040. The van der Waals surface area contributed by atoms with Crippen molar-refractivity contribution in [2.24, 2.45) is 0 Å². The van der Waals surface area contributed by atoms with Gasteiger partial charge < -0.3 is 56.5 Å². The van der Waals surface area contributed by atoms with Crippen LogP contribution in [0, 0.1) is 18.6 Å². The molecule has 5 aliphatic rings. The van der Waals surface area contributed by atoms with Crippen molar-refractivity contribution in [2.75, 3.05) is 78.3 Å². The highest BCUT2D eigenvalue weighted by Gasteiger charge is 2.50. The molecule has 8 atom stereocenters. The highest BCUT2D eigenvalue weighted by Crippen LogP contribution is 2.37. The number of benzene rings is 6. The van der Waals surface area contributed by atoms with Gasteiger partial charge in [0.2, 0.25) is 61.4 Å². The molecule has 0 radical (unpaired) electrons. The number of fused-ring (bicyclic) bond motifs is 3. The summed E-state index contributed by atoms with van der Waals surface area (Å²) < 4.78 is 93.8. The number of likely N-dealkylation sites (N-methyl/N-ethyl adjacent to an activating group) is 3. The molecule has 119 heavy (non-hydrogen) atoms. The number of anilines is 2. The van der Waals surface area contributed by atoms with E-state index in [1.165, 1.54) is 34.1 Å². The number of carbonyl (C=O) groups excluding carboxylic acids is 6. The summed E-state index contributed by atoms with van der Waals surface area (Å²) in [6, 6.07) is 40.9. The molecule has 628 valence electrons. The van der Waals surface area contributed by atoms with E-state index >= 15 is 16.8 Å². The number of carbonyl (C=O) groups is 6. The minimum Gasteiger partial charge on any atom is -0.343 e. The molecule has 0 saturated carbocycles. The van der Waals surface area contributed by atoms with E-state index in [1.54, 1.807) is 34.0 Å². The first-order valence-corrected chi connectivity index (χ1v) is 43.5. The molecule has 0 spiro atoms. The highest BCUT2D eigenvalue weighted by atomic mass is 32.2. The number of halogens is 2. The number of hydrogen-bond donors (Lipinski definition) is 7. The average molecular weight is 1660 g/mol. The molecule has 6 aromatic carbocycles. The van der Waals surface area contributed by atoms with Crippen LogP contribution < -0.4 is 37.2 Å². The summed E-state index contributed by atoms with van der Waals surface area (Å²) >= 11 is 0. The molecule has 9 aromatic rings. The van der Waals surface area contributed by atoms with E-state index in [0.29, 0.717) is 35.6 Å². The van der Waals surface area contributed by atoms with Gasteiger partial charge in [0.15, 0.2) is 11.6 Å². The normalized spacial score (nSPS) is 20.3. The van der Waals surface area contributed by atoms with Gasteiger partial charge in [0.1, 0.15) is 47.0 Å². The monoisotopic (exact) mass is 1660 g/mol. The maximum Gasteiger partial charge on any atom is 0.247 e. The van der Waals surface area contributed by atoms with Crippen LogP contribution >= 0.6 is 0 Å². The Morgan fingerprint density at radius 1 is 0.521 bits per heavy atom. The van der Waals surface area contributed by atoms with Crippen molar-refractivity contribution in [3.05, 3.63) is 228 Å². The molecule has 0 bridgehead atoms. The lowest BCUT2D eigenvalue weighted by Gasteiger charge is -2.39. The number of imidazole rings is 1. The topological polar surface area (TPSA) is 331 Å². The average Bonchev–Trinajstić information content (AvgIpc) is 1.72. The summed E-state index contributed by atoms with van der Waals surface area (Å²) in [5.74, 6) is -2.98. The molecule has 3 aromatic heterocycles. The number of sulfonamides is 2. The van der Waals surface area contributed by atoms with Gasteiger partial charge in [0, 0.05) is 88.8 Å². The van der Waals surface area contributed by atoms with Crippen LogP contribution in [0.5, 0.6) is 0 Å². The molecular weight excluding hydrogens is 1560 g/mol. The molecule has 6 amide bonds. The first-order chi connectivity index (χ1) is 57.2. The SMILES string of the molecule is CCN1CCN(Cc2ccc(Nc3ncc(F)c(-c4cc(F)c5nc(C)n(C(C)C)c5c4)n3)nc2)CC1.CNC(C)C(=O)NC1CN(S(=O)(=O)c2cccc(S(=O)(=O)N3CCC4CCC(C(=O)NC(c5ccccc5)c5ccccc5)N4C(=O)C(NC(=O)C(C)NC)C3)c2)CCC2CCC(C(=O)NC(c3ccccc3)c3ccccc3)N2C1=O. The molecule has 28 nitrogen and oxygen atoms in total. The van der Waals surface area contributed by atoms with Crippen LogP contribution in [0.4, 0.5) is 20.5 Å². The van der Waals surface area contributed by atoms with Gasteiger partial charge in [0.05, 0.1) is 45.7 Å². The van der Waals surface area contributed by atoms with Gasteiger partial charge in [-0.2, -0.15) is 8.61 Å². The van der Waals surface area contributed by atoms with Crippen LogP contribution in [-0.4, -0.2) is 226 Å². The lowest BCUT2D eigenvalue weighted by molar-refractivity contribution is -0.144. The van der Waals surface area contributed by atoms with E-state index in [4.69, 9.17) is 0 Å². The third-order valence-electron chi connectivity index (χ3n) is 23.2. The number of pyridine rings is 1. The summed E-state index contributed by atoms with van der Waals surface area (Å²) in [5, 5.41) is 20.6. The molecule has 5 fully saturated rings. The van der Waals surface area contributed by atoms with Gasteiger partial charge in [-0.25, -0.2) is 45.6 Å². The molecule has 0 aliphatic carbocycles. The Balaban J connectivity index is 0.000000274. The molecule has 32 heteroatoms. The van der Waals surface area contributed by atoms with Crippen LogP contribution in [-0.2, 0) is 55.4 Å². The third-order valence-corrected chi connectivity index (χ3v) is 26.9. The summed E-state index contributed by atoms with van der Waals surface area (Å²) in [7, 11) is -6.13. The first-order valence-electron chi connectivity index (χ1n) is 40.6. The minimum atomic E-state index is -4.63. The lowest BCUT2D eigenvalue weighted by Crippen LogP contribution is -2.62. The van der Waals surface area contributed by atoms with E-state index in [0.717, 1.165) is 88.0 Å². The fourth-order valence-corrected chi connectivity index (χ4v) is 19.6. The number of aromatic nitrogens is 5. The second kappa shape index (κ2) is 38.0. The van der Waals surface area contributed by atoms with E-state index in [9.17, 15) is 37.5 Å². The third kappa shape index (κ3) is 19.6. The maximum absolute atomic E-state index is 15.0. The number of piperazine rings is 1. The van der Waals surface area contributed by atoms with Gasteiger partial charge in [-0.15, -0.1) is 0 Å². The zero-order valence-electron chi connectivity index (χ0n) is 68.1. The second-order valence-electron chi connectivity index (χ2n) is 31.2. The van der Waals surface area contributed by atoms with Crippen LogP contribution in [0.1, 0.15) is 125 Å². The fourth-order valence-electron chi connectivity index (χ4n) is 16.5. The second-order valence-corrected chi connectivity index (χ2v) is 35.0. The quantitative estimate of drug-likeness (QED) is 0.0284. The smallest absolute Gasteiger partial charge is 0.247 e. The molecule has 8 heterocycles. The van der Waals surface area contributed by atoms with Gasteiger partial charge in [0.25, 0.3) is 0 Å². The Morgan fingerprint density at radius 3 is 1.41 bits per heavy atom. The number of nitrogens with one attached hydrogen (secondary N) is 7. The minimum absolute atomic E-state index is 0.00954. The Labute approximate surface area is 693 Å². The van der Waals surface area contributed by atoms with Crippen molar-refractivity contribution in [1.82, 2.24) is 84.6 Å². The molecule has 7 N–H and O–H groups in total. The van der Waals surface area contributed by atoms with Crippen molar-refractivity contribution < 1.29 is 54.4 Å². The molecule has 5 saturated heterocycles. The number of aryl methyl sites for hydroxylation is 1. The van der Waals surface area contributed by atoms with Gasteiger partial charge >= 0.3 is 0 Å². The van der Waals surface area contributed by atoms with E-state index in [-0.39, 0.29) is 62.0 Å². The predicted molar refractivity (Wildman–Crippen MR) is 448 cm³/mol. The zero-order chi connectivity index (χ0) is 84.4. The van der Waals surface area contributed by atoms with Crippen LogP contribution in [0.2, 0.25) is 0 Å². The summed E-state index contributed by atoms with van der Waals surface area (Å²) in [6.07, 6.45) is 4.46. The van der Waals surface area contributed by atoms with Crippen molar-refractivity contribution in [1.29, 1.82) is 0 Å². The van der Waals surface area contributed by atoms with Crippen molar-refractivity contribution >= 4 is 78.3 Å². The fraction of sp³-hybridized carbons (Fsp3) is 0.402. The Hall–Kier alpha value is -10.8. The molecule has 8 unspecified atom stereocenters. The van der Waals surface area contributed by atoms with Gasteiger partial charge in [-0.3, -0.25) is 33.7 Å². The summed E-state index contributed by atoms with van der Waals surface area (Å²) in [5.41, 5.74) is 5.64. The lowest BCUT2D eigenvalue weighted by atomic mass is 9.98. The number of rotatable bonds is 25. The van der Waals surface area contributed by atoms with Crippen LogP contribution in [0.3, 0.4) is 0 Å².